The monoisotopic (exact) mass is 361 g/mol. The van der Waals surface area contributed by atoms with E-state index in [1.165, 1.54) is 12.0 Å². The number of hydrogen-bond donors (Lipinski definition) is 0. The summed E-state index contributed by atoms with van der Waals surface area (Å²) in [4.78, 5) is 16.5. The second-order valence-electron chi connectivity index (χ2n) is 7.36. The summed E-state index contributed by atoms with van der Waals surface area (Å²) >= 11 is 0. The summed E-state index contributed by atoms with van der Waals surface area (Å²) in [6.07, 6.45) is 9.95. The van der Waals surface area contributed by atoms with E-state index in [1.54, 1.807) is 6.20 Å². The third-order valence-corrected chi connectivity index (χ3v) is 5.42. The van der Waals surface area contributed by atoms with Gasteiger partial charge < -0.3 is 4.57 Å². The molecule has 5 heteroatoms. The first kappa shape index (κ1) is 17.9. The van der Waals surface area contributed by atoms with Crippen LogP contribution in [0.25, 0.3) is 11.3 Å². The summed E-state index contributed by atoms with van der Waals surface area (Å²) in [6.45, 7) is 8.28. The molecule has 1 saturated heterocycles. The molecular formula is C22H27N5. The molecule has 0 N–H and O–H groups in total. The summed E-state index contributed by atoms with van der Waals surface area (Å²) in [5.74, 6) is 1.56. The fourth-order valence-corrected chi connectivity index (χ4v) is 4.06. The van der Waals surface area contributed by atoms with Crippen molar-refractivity contribution in [2.75, 3.05) is 13.1 Å². The molecule has 0 saturated carbocycles. The first-order chi connectivity index (χ1) is 13.2. The predicted octanol–water partition coefficient (Wildman–Crippen LogP) is 4.05. The van der Waals surface area contributed by atoms with Crippen molar-refractivity contribution < 1.29 is 0 Å². The highest BCUT2D eigenvalue weighted by atomic mass is 15.2. The average Bonchev–Trinajstić information content (AvgIpc) is 3.15. The van der Waals surface area contributed by atoms with Crippen LogP contribution in [-0.2, 0) is 13.1 Å². The third-order valence-electron chi connectivity index (χ3n) is 5.42. The minimum atomic E-state index is 0.410. The van der Waals surface area contributed by atoms with Gasteiger partial charge in [0.1, 0.15) is 5.82 Å². The van der Waals surface area contributed by atoms with E-state index in [-0.39, 0.29) is 0 Å². The number of aryl methyl sites for hydroxylation is 2. The maximum Gasteiger partial charge on any atom is 0.122 e. The highest BCUT2D eigenvalue weighted by Gasteiger charge is 2.26. The van der Waals surface area contributed by atoms with E-state index >= 15 is 0 Å². The zero-order valence-electron chi connectivity index (χ0n) is 16.2. The molecule has 3 aromatic rings. The number of hydrogen-bond acceptors (Lipinski definition) is 4. The lowest BCUT2D eigenvalue weighted by molar-refractivity contribution is 0.192. The molecule has 4 rings (SSSR count). The minimum Gasteiger partial charge on any atom is -0.334 e. The van der Waals surface area contributed by atoms with Crippen molar-refractivity contribution in [2.45, 2.75) is 45.7 Å². The lowest BCUT2D eigenvalue weighted by atomic mass is 9.91. The summed E-state index contributed by atoms with van der Waals surface area (Å²) in [5.41, 5.74) is 4.58. The van der Waals surface area contributed by atoms with Gasteiger partial charge >= 0.3 is 0 Å². The molecule has 0 aliphatic carbocycles. The molecule has 140 valence electrons. The van der Waals surface area contributed by atoms with Crippen LogP contribution in [0.1, 0.15) is 42.8 Å². The molecule has 0 spiro atoms. The van der Waals surface area contributed by atoms with E-state index in [9.17, 15) is 0 Å². The summed E-state index contributed by atoms with van der Waals surface area (Å²) < 4.78 is 2.23. The number of nitrogens with zero attached hydrogens (tertiary/aromatic N) is 5. The highest BCUT2D eigenvalue weighted by molar-refractivity contribution is 5.63. The first-order valence-electron chi connectivity index (χ1n) is 9.85. The molecule has 1 fully saturated rings. The normalized spacial score (nSPS) is 17.9. The van der Waals surface area contributed by atoms with Crippen LogP contribution < -0.4 is 0 Å². The molecule has 0 amide bonds. The number of piperidine rings is 1. The summed E-state index contributed by atoms with van der Waals surface area (Å²) in [6, 6.07) is 8.56. The van der Waals surface area contributed by atoms with Crippen molar-refractivity contribution in [1.29, 1.82) is 0 Å². The number of likely N-dealkylation sites (tertiary alicyclic amines) is 1. The molecular weight excluding hydrogens is 334 g/mol. The standard InChI is InChI=1S/C22H27N5/c1-3-27-13-11-23-20(27)16-26-12-5-8-19(15-26)22-21(24-9-10-25-22)18-7-4-6-17(2)14-18/h4,6-7,9-11,13-14,19H,3,5,8,12,15-16H2,1-2H3/t19-/m0/s1. The molecule has 0 unspecified atom stereocenters. The van der Waals surface area contributed by atoms with Crippen molar-refractivity contribution in [3.8, 4) is 11.3 Å². The van der Waals surface area contributed by atoms with Crippen LogP contribution >= 0.6 is 0 Å². The number of rotatable bonds is 5. The smallest absolute Gasteiger partial charge is 0.122 e. The topological polar surface area (TPSA) is 46.8 Å². The average molecular weight is 361 g/mol. The Morgan fingerprint density at radius 2 is 2.00 bits per heavy atom. The maximum absolute atomic E-state index is 4.76. The number of imidazole rings is 1. The Morgan fingerprint density at radius 3 is 2.85 bits per heavy atom. The van der Waals surface area contributed by atoms with Gasteiger partial charge in [0.15, 0.2) is 0 Å². The van der Waals surface area contributed by atoms with E-state index in [4.69, 9.17) is 9.97 Å². The zero-order valence-corrected chi connectivity index (χ0v) is 16.2. The second kappa shape index (κ2) is 8.01. The van der Waals surface area contributed by atoms with Gasteiger partial charge in [0.05, 0.1) is 17.9 Å². The van der Waals surface area contributed by atoms with Gasteiger partial charge in [-0.05, 0) is 39.3 Å². The second-order valence-corrected chi connectivity index (χ2v) is 7.36. The van der Waals surface area contributed by atoms with Crippen LogP contribution in [-0.4, -0.2) is 37.5 Å². The van der Waals surface area contributed by atoms with Gasteiger partial charge in [0, 0.05) is 49.4 Å². The van der Waals surface area contributed by atoms with Crippen molar-refractivity contribution in [2.24, 2.45) is 0 Å². The van der Waals surface area contributed by atoms with Gasteiger partial charge in [-0.15, -0.1) is 0 Å². The first-order valence-corrected chi connectivity index (χ1v) is 9.85. The van der Waals surface area contributed by atoms with Gasteiger partial charge in [0.2, 0.25) is 0 Å². The zero-order chi connectivity index (χ0) is 18.6. The Balaban J connectivity index is 1.57. The highest BCUT2D eigenvalue weighted by Crippen LogP contribution is 2.32. The molecule has 3 heterocycles. The summed E-state index contributed by atoms with van der Waals surface area (Å²) in [7, 11) is 0. The van der Waals surface area contributed by atoms with Gasteiger partial charge in [-0.1, -0.05) is 23.8 Å². The van der Waals surface area contributed by atoms with Crippen LogP contribution in [0, 0.1) is 6.92 Å². The molecule has 1 aliphatic rings. The van der Waals surface area contributed by atoms with Crippen LogP contribution in [0.2, 0.25) is 0 Å². The molecule has 2 aromatic heterocycles. The number of aromatic nitrogens is 4. The third kappa shape index (κ3) is 3.93. The molecule has 0 bridgehead atoms. The van der Waals surface area contributed by atoms with Crippen LogP contribution in [0.3, 0.4) is 0 Å². The van der Waals surface area contributed by atoms with Crippen molar-refractivity contribution in [3.05, 3.63) is 66.1 Å². The molecule has 1 atom stereocenters. The van der Waals surface area contributed by atoms with Gasteiger partial charge in [-0.3, -0.25) is 14.9 Å². The van der Waals surface area contributed by atoms with E-state index in [1.807, 2.05) is 12.4 Å². The van der Waals surface area contributed by atoms with Crippen LogP contribution in [0.15, 0.2) is 49.1 Å². The van der Waals surface area contributed by atoms with Crippen LogP contribution in [0.5, 0.6) is 0 Å². The Morgan fingerprint density at radius 1 is 1.11 bits per heavy atom. The van der Waals surface area contributed by atoms with Crippen molar-refractivity contribution in [1.82, 2.24) is 24.4 Å². The molecule has 27 heavy (non-hydrogen) atoms. The Kier molecular flexibility index (Phi) is 5.30. The fraction of sp³-hybridized carbons (Fsp3) is 0.409. The Hall–Kier alpha value is -2.53. The molecule has 1 aliphatic heterocycles. The quantitative estimate of drug-likeness (QED) is 0.688. The van der Waals surface area contributed by atoms with E-state index < -0.39 is 0 Å². The summed E-state index contributed by atoms with van der Waals surface area (Å²) in [5, 5.41) is 0. The molecule has 0 radical (unpaired) electrons. The minimum absolute atomic E-state index is 0.410. The molecule has 1 aromatic carbocycles. The lowest BCUT2D eigenvalue weighted by Crippen LogP contribution is -2.35. The fourth-order valence-electron chi connectivity index (χ4n) is 4.06. The van der Waals surface area contributed by atoms with Crippen molar-refractivity contribution in [3.63, 3.8) is 0 Å². The van der Waals surface area contributed by atoms with Gasteiger partial charge in [-0.25, -0.2) is 4.98 Å². The van der Waals surface area contributed by atoms with Gasteiger partial charge in [0.25, 0.3) is 0 Å². The van der Waals surface area contributed by atoms with E-state index in [0.29, 0.717) is 5.92 Å². The lowest BCUT2D eigenvalue weighted by Gasteiger charge is -2.32. The molecule has 5 nitrogen and oxygen atoms in total. The van der Waals surface area contributed by atoms with Gasteiger partial charge in [-0.2, -0.15) is 0 Å². The maximum atomic E-state index is 4.76. The van der Waals surface area contributed by atoms with E-state index in [0.717, 1.165) is 55.4 Å². The SMILES string of the molecule is CCn1ccnc1CN1CCC[C@H](c2nccnc2-c2cccc(C)c2)C1. The van der Waals surface area contributed by atoms with Crippen molar-refractivity contribution >= 4 is 0 Å². The van der Waals surface area contributed by atoms with Crippen LogP contribution in [0.4, 0.5) is 0 Å². The van der Waals surface area contributed by atoms with E-state index in [2.05, 4.69) is 58.8 Å². The Labute approximate surface area is 161 Å². The predicted molar refractivity (Wildman–Crippen MR) is 107 cm³/mol. The number of benzene rings is 1. The Bertz CT molecular complexity index is 901. The largest absolute Gasteiger partial charge is 0.334 e.